The second kappa shape index (κ2) is 3.53. The molecule has 2 saturated heterocycles. The third-order valence-corrected chi connectivity index (χ3v) is 5.11. The number of rotatable bonds is 2. The summed E-state index contributed by atoms with van der Waals surface area (Å²) in [4.78, 5) is 10.9. The van der Waals surface area contributed by atoms with Crippen LogP contribution >= 0.6 is 11.8 Å². The molecule has 2 nitrogen and oxygen atoms in total. The van der Waals surface area contributed by atoms with E-state index >= 15 is 0 Å². The van der Waals surface area contributed by atoms with E-state index in [1.54, 1.807) is 0 Å². The number of carbonyl (C=O) groups is 1. The molecule has 3 heteroatoms. The summed E-state index contributed by atoms with van der Waals surface area (Å²) in [6.45, 7) is 4.19. The maximum Gasteiger partial charge on any atom is 0.151 e. The average molecular weight is 214 g/mol. The van der Waals surface area contributed by atoms with Crippen molar-refractivity contribution in [3.05, 3.63) is 0 Å². The third kappa shape index (κ3) is 1.72. The van der Waals surface area contributed by atoms with E-state index in [-0.39, 0.29) is 10.9 Å². The lowest BCUT2D eigenvalue weighted by Gasteiger charge is -2.31. The van der Waals surface area contributed by atoms with Crippen molar-refractivity contribution in [3.8, 4) is 0 Å². The first-order valence-corrected chi connectivity index (χ1v) is 6.35. The molecule has 3 atom stereocenters. The van der Waals surface area contributed by atoms with E-state index in [2.05, 4.69) is 6.92 Å². The summed E-state index contributed by atoms with van der Waals surface area (Å²) < 4.78 is 6.16. The summed E-state index contributed by atoms with van der Waals surface area (Å²) in [5.41, 5.74) is -0.503. The molecule has 2 rings (SSSR count). The van der Waals surface area contributed by atoms with Gasteiger partial charge in [-0.3, -0.25) is 0 Å². The molecule has 0 amide bonds. The fourth-order valence-electron chi connectivity index (χ4n) is 2.43. The Balaban J connectivity index is 2.04. The van der Waals surface area contributed by atoms with E-state index in [4.69, 9.17) is 4.74 Å². The van der Waals surface area contributed by atoms with Gasteiger partial charge >= 0.3 is 0 Å². The highest BCUT2D eigenvalue weighted by molar-refractivity contribution is 8.00. The number of hydrogen-bond donors (Lipinski definition) is 0. The van der Waals surface area contributed by atoms with Crippen LogP contribution in [0, 0.1) is 0 Å². The Hall–Kier alpha value is -0.0200. The lowest BCUT2D eigenvalue weighted by Crippen LogP contribution is -2.37. The number of aldehydes is 1. The van der Waals surface area contributed by atoms with Crippen LogP contribution in [0.15, 0.2) is 0 Å². The molecular formula is C11H18O2S. The Bertz CT molecular complexity index is 235. The second-order valence-electron chi connectivity index (χ2n) is 4.84. The zero-order valence-corrected chi connectivity index (χ0v) is 9.73. The van der Waals surface area contributed by atoms with Gasteiger partial charge in [0.2, 0.25) is 0 Å². The Morgan fingerprint density at radius 1 is 1.43 bits per heavy atom. The minimum atomic E-state index is -0.503. The molecule has 0 radical (unpaired) electrons. The second-order valence-corrected chi connectivity index (χ2v) is 6.47. The molecule has 0 saturated carbocycles. The molecule has 2 aliphatic rings. The van der Waals surface area contributed by atoms with Crippen LogP contribution in [0.2, 0.25) is 0 Å². The highest BCUT2D eigenvalue weighted by atomic mass is 32.2. The van der Waals surface area contributed by atoms with E-state index in [9.17, 15) is 4.79 Å². The summed E-state index contributed by atoms with van der Waals surface area (Å²) in [5, 5.41) is 0. The van der Waals surface area contributed by atoms with Crippen molar-refractivity contribution in [2.24, 2.45) is 0 Å². The highest BCUT2D eigenvalue weighted by Crippen LogP contribution is 2.47. The molecule has 0 aromatic carbocycles. The van der Waals surface area contributed by atoms with Crippen LogP contribution in [-0.2, 0) is 9.53 Å². The predicted octanol–water partition coefficient (Wildman–Crippen LogP) is 2.41. The van der Waals surface area contributed by atoms with Gasteiger partial charge in [0.25, 0.3) is 0 Å². The van der Waals surface area contributed by atoms with Crippen LogP contribution < -0.4 is 0 Å². The topological polar surface area (TPSA) is 26.3 Å². The Kier molecular flexibility index (Phi) is 2.64. The molecule has 3 unspecified atom stereocenters. The summed E-state index contributed by atoms with van der Waals surface area (Å²) in [6.07, 6.45) is 5.70. The van der Waals surface area contributed by atoms with Gasteiger partial charge in [-0.2, -0.15) is 11.8 Å². The number of hydrogen-bond acceptors (Lipinski definition) is 3. The number of thioether (sulfide) groups is 1. The molecule has 2 aliphatic heterocycles. The van der Waals surface area contributed by atoms with Crippen LogP contribution in [0.3, 0.4) is 0 Å². The van der Waals surface area contributed by atoms with Gasteiger partial charge in [0.1, 0.15) is 5.60 Å². The lowest BCUT2D eigenvalue weighted by molar-refractivity contribution is -0.128. The molecule has 0 aromatic rings. The summed E-state index contributed by atoms with van der Waals surface area (Å²) in [5.74, 6) is 1.24. The zero-order valence-electron chi connectivity index (χ0n) is 8.91. The molecule has 0 N–H and O–H groups in total. The van der Waals surface area contributed by atoms with Crippen molar-refractivity contribution in [3.63, 3.8) is 0 Å². The molecule has 14 heavy (non-hydrogen) atoms. The quantitative estimate of drug-likeness (QED) is 0.660. The molecule has 0 aromatic heterocycles. The van der Waals surface area contributed by atoms with Gasteiger partial charge in [-0.25, -0.2) is 0 Å². The standard InChI is InChI=1S/C11H18O2S/c1-10(8-12)6-4-9(13-10)11(2)5-3-7-14-11/h8-9H,3-7H2,1-2H3. The van der Waals surface area contributed by atoms with Crippen LogP contribution in [0.4, 0.5) is 0 Å². The molecule has 2 fully saturated rings. The van der Waals surface area contributed by atoms with Crippen molar-refractivity contribution < 1.29 is 9.53 Å². The normalized spacial score (nSPS) is 48.3. The lowest BCUT2D eigenvalue weighted by atomic mass is 9.95. The number of carbonyl (C=O) groups excluding carboxylic acids is 1. The van der Waals surface area contributed by atoms with Gasteiger partial charge in [-0.15, -0.1) is 0 Å². The van der Waals surface area contributed by atoms with Crippen LogP contribution in [-0.4, -0.2) is 28.5 Å². The van der Waals surface area contributed by atoms with Crippen LogP contribution in [0.25, 0.3) is 0 Å². The predicted molar refractivity (Wildman–Crippen MR) is 58.7 cm³/mol. The summed E-state index contributed by atoms with van der Waals surface area (Å²) >= 11 is 2.01. The first-order chi connectivity index (χ1) is 6.58. The van der Waals surface area contributed by atoms with Gasteiger partial charge in [-0.05, 0) is 45.3 Å². The smallest absolute Gasteiger partial charge is 0.151 e. The zero-order chi connectivity index (χ0) is 10.2. The van der Waals surface area contributed by atoms with Crippen molar-refractivity contribution in [1.29, 1.82) is 0 Å². The summed E-state index contributed by atoms with van der Waals surface area (Å²) in [6, 6.07) is 0. The molecule has 80 valence electrons. The van der Waals surface area contributed by atoms with Gasteiger partial charge in [0.15, 0.2) is 6.29 Å². The monoisotopic (exact) mass is 214 g/mol. The fourth-order valence-corrected chi connectivity index (χ4v) is 3.83. The van der Waals surface area contributed by atoms with E-state index in [0.717, 1.165) is 19.1 Å². The molecule has 0 bridgehead atoms. The molecule has 2 heterocycles. The molecule has 0 aliphatic carbocycles. The highest BCUT2D eigenvalue weighted by Gasteiger charge is 2.46. The maximum atomic E-state index is 10.9. The summed E-state index contributed by atoms with van der Waals surface area (Å²) in [7, 11) is 0. The first kappa shape index (κ1) is 10.5. The van der Waals surface area contributed by atoms with Gasteiger partial charge in [-0.1, -0.05) is 0 Å². The van der Waals surface area contributed by atoms with Crippen molar-refractivity contribution >= 4 is 18.0 Å². The minimum absolute atomic E-state index is 0.265. The number of ether oxygens (including phenoxy) is 1. The average Bonchev–Trinajstić information content (AvgIpc) is 2.74. The van der Waals surface area contributed by atoms with Crippen molar-refractivity contribution in [1.82, 2.24) is 0 Å². The maximum absolute atomic E-state index is 10.9. The third-order valence-electron chi connectivity index (χ3n) is 3.49. The first-order valence-electron chi connectivity index (χ1n) is 5.36. The van der Waals surface area contributed by atoms with Crippen molar-refractivity contribution in [2.75, 3.05) is 5.75 Å². The van der Waals surface area contributed by atoms with Gasteiger partial charge in [0, 0.05) is 4.75 Å². The minimum Gasteiger partial charge on any atom is -0.363 e. The Morgan fingerprint density at radius 2 is 2.21 bits per heavy atom. The fraction of sp³-hybridized carbons (Fsp3) is 0.909. The molecular weight excluding hydrogens is 196 g/mol. The van der Waals surface area contributed by atoms with Crippen LogP contribution in [0.1, 0.15) is 39.5 Å². The SMILES string of the molecule is CC1(C=O)CCC(C2(C)CCCS2)O1. The largest absolute Gasteiger partial charge is 0.363 e. The van der Waals surface area contributed by atoms with Crippen molar-refractivity contribution in [2.45, 2.75) is 56.0 Å². The van der Waals surface area contributed by atoms with Gasteiger partial charge < -0.3 is 9.53 Å². The Morgan fingerprint density at radius 3 is 2.71 bits per heavy atom. The van der Waals surface area contributed by atoms with E-state index in [1.807, 2.05) is 18.7 Å². The van der Waals surface area contributed by atoms with E-state index < -0.39 is 5.60 Å². The van der Waals surface area contributed by atoms with Gasteiger partial charge in [0.05, 0.1) is 6.10 Å². The van der Waals surface area contributed by atoms with E-state index in [0.29, 0.717) is 0 Å². The Labute approximate surface area is 89.8 Å². The van der Waals surface area contributed by atoms with E-state index in [1.165, 1.54) is 18.6 Å². The van der Waals surface area contributed by atoms with Crippen LogP contribution in [0.5, 0.6) is 0 Å². The molecule has 0 spiro atoms.